The van der Waals surface area contributed by atoms with E-state index < -0.39 is 34.9 Å². The Bertz CT molecular complexity index is 1400. The zero-order valence-corrected chi connectivity index (χ0v) is 21.2. The minimum Gasteiger partial charge on any atom is -0.477 e. The standard InChI is InChI=1S/C19H16N8O5S4/c20-18-21-8(6-35-18)10(26-32)14(28)22-11-15(29)27-12(17(30)31)7(4-34-16(11)27)5-36-19-23-13(24-25-19)9-2-1-3-33-9/h1-3,6,11,16,32H,4-5H2,(H2,20,21)(H,22,28)(H,30,31)(H,23,24,25)/b26-10-/t11-,16-/m1/s1. The van der Waals surface area contributed by atoms with E-state index in [1.807, 2.05) is 17.5 Å². The summed E-state index contributed by atoms with van der Waals surface area (Å²) in [5.41, 5.74) is 5.67. The fraction of sp³-hybridized carbons (Fsp3) is 0.211. The van der Waals surface area contributed by atoms with Gasteiger partial charge in [-0.25, -0.2) is 14.8 Å². The molecular formula is C19H16N8O5S4. The summed E-state index contributed by atoms with van der Waals surface area (Å²) in [6.45, 7) is 0. The summed E-state index contributed by atoms with van der Waals surface area (Å²) in [5.74, 6) is -1.40. The van der Waals surface area contributed by atoms with Crippen molar-refractivity contribution in [1.29, 1.82) is 0 Å². The number of carboxylic acid groups (broad SMARTS) is 1. The van der Waals surface area contributed by atoms with Crippen LogP contribution >= 0.6 is 46.2 Å². The number of aromatic nitrogens is 4. The molecule has 5 heterocycles. The van der Waals surface area contributed by atoms with Crippen molar-refractivity contribution in [2.75, 3.05) is 17.2 Å². The molecule has 0 radical (unpaired) electrons. The van der Waals surface area contributed by atoms with Crippen LogP contribution in [-0.2, 0) is 14.4 Å². The third kappa shape index (κ3) is 4.45. The van der Waals surface area contributed by atoms with E-state index in [0.29, 0.717) is 22.3 Å². The lowest BCUT2D eigenvalue weighted by molar-refractivity contribution is -0.150. The third-order valence-corrected chi connectivity index (χ3v) is 9.03. The number of hydrogen-bond acceptors (Lipinski definition) is 13. The third-order valence-electron chi connectivity index (χ3n) is 5.21. The molecule has 0 spiro atoms. The van der Waals surface area contributed by atoms with Crippen molar-refractivity contribution < 1.29 is 24.7 Å². The number of H-pyrrole nitrogens is 1. The van der Waals surface area contributed by atoms with Crippen LogP contribution < -0.4 is 11.1 Å². The molecule has 17 heteroatoms. The number of nitrogens with two attached hydrogens (primary N) is 1. The van der Waals surface area contributed by atoms with Gasteiger partial charge in [-0.2, -0.15) is 0 Å². The molecule has 1 fully saturated rings. The molecule has 0 aliphatic carbocycles. The predicted molar refractivity (Wildman–Crippen MR) is 135 cm³/mol. The largest absolute Gasteiger partial charge is 0.477 e. The van der Waals surface area contributed by atoms with Gasteiger partial charge in [0.15, 0.2) is 16.7 Å². The average molecular weight is 565 g/mol. The van der Waals surface area contributed by atoms with Crippen molar-refractivity contribution >= 4 is 74.8 Å². The maximum atomic E-state index is 12.9. The zero-order chi connectivity index (χ0) is 25.4. The van der Waals surface area contributed by atoms with E-state index in [0.717, 1.165) is 16.2 Å². The summed E-state index contributed by atoms with van der Waals surface area (Å²) in [6, 6.07) is 2.83. The molecule has 0 unspecified atom stereocenters. The monoisotopic (exact) mass is 564 g/mol. The van der Waals surface area contributed by atoms with E-state index in [1.165, 1.54) is 45.1 Å². The number of aromatic amines is 1. The van der Waals surface area contributed by atoms with Crippen molar-refractivity contribution in [3.05, 3.63) is 39.9 Å². The first-order valence-electron chi connectivity index (χ1n) is 10.1. The number of aliphatic carboxylic acids is 1. The van der Waals surface area contributed by atoms with Gasteiger partial charge in [0.1, 0.15) is 22.8 Å². The first-order chi connectivity index (χ1) is 17.4. The average Bonchev–Trinajstić information content (AvgIpc) is 3.63. The number of carboxylic acids is 1. The predicted octanol–water partition coefficient (Wildman–Crippen LogP) is 1.28. The van der Waals surface area contributed by atoms with E-state index in [1.54, 1.807) is 0 Å². The van der Waals surface area contributed by atoms with Gasteiger partial charge in [0, 0.05) is 16.9 Å². The lowest BCUT2D eigenvalue weighted by Gasteiger charge is -2.49. The Kier molecular flexibility index (Phi) is 6.69. The van der Waals surface area contributed by atoms with Crippen LogP contribution in [0.15, 0.2) is 44.5 Å². The summed E-state index contributed by atoms with van der Waals surface area (Å²) < 4.78 is 0. The lowest BCUT2D eigenvalue weighted by Crippen LogP contribution is -2.71. The Morgan fingerprint density at radius 3 is 2.86 bits per heavy atom. The summed E-state index contributed by atoms with van der Waals surface area (Å²) in [5, 5.41) is 35.0. The van der Waals surface area contributed by atoms with Crippen molar-refractivity contribution in [1.82, 2.24) is 30.4 Å². The van der Waals surface area contributed by atoms with Crippen LogP contribution in [0.25, 0.3) is 10.7 Å². The first-order valence-corrected chi connectivity index (χ1v) is 13.9. The van der Waals surface area contributed by atoms with Crippen molar-refractivity contribution in [2.24, 2.45) is 5.16 Å². The Labute approximate surface area is 218 Å². The van der Waals surface area contributed by atoms with E-state index in [2.05, 4.69) is 30.6 Å². The Morgan fingerprint density at radius 1 is 1.36 bits per heavy atom. The summed E-state index contributed by atoms with van der Waals surface area (Å²) in [6.07, 6.45) is 0. The molecule has 0 aromatic carbocycles. The minimum absolute atomic E-state index is 0.0667. The van der Waals surface area contributed by atoms with Gasteiger partial charge in [-0.1, -0.05) is 23.0 Å². The topological polar surface area (TPSA) is 200 Å². The number of carbonyl (C=O) groups is 3. The number of nitrogen functional groups attached to an aromatic ring is 1. The van der Waals surface area contributed by atoms with Gasteiger partial charge in [-0.3, -0.25) is 19.6 Å². The molecule has 2 aliphatic rings. The molecular weight excluding hydrogens is 549 g/mol. The highest BCUT2D eigenvalue weighted by Gasteiger charge is 2.54. The lowest BCUT2D eigenvalue weighted by atomic mass is 10.0. The highest BCUT2D eigenvalue weighted by atomic mass is 32.2. The second-order valence-electron chi connectivity index (χ2n) is 7.37. The van der Waals surface area contributed by atoms with Gasteiger partial charge in [-0.05, 0) is 17.0 Å². The number of hydrogen-bond donors (Lipinski definition) is 5. The van der Waals surface area contributed by atoms with Crippen LogP contribution in [0.3, 0.4) is 0 Å². The minimum atomic E-state index is -1.24. The molecule has 3 aromatic heterocycles. The van der Waals surface area contributed by atoms with E-state index >= 15 is 0 Å². The van der Waals surface area contributed by atoms with E-state index in [4.69, 9.17) is 5.73 Å². The van der Waals surface area contributed by atoms with Crippen LogP contribution in [-0.4, -0.2) is 81.8 Å². The van der Waals surface area contributed by atoms with Gasteiger partial charge in [0.2, 0.25) is 5.16 Å². The highest BCUT2D eigenvalue weighted by molar-refractivity contribution is 8.01. The molecule has 3 aromatic rings. The molecule has 13 nitrogen and oxygen atoms in total. The quantitative estimate of drug-likeness (QED) is 0.0868. The number of anilines is 1. The first kappa shape index (κ1) is 24.3. The zero-order valence-electron chi connectivity index (χ0n) is 17.9. The molecule has 6 N–H and O–H groups in total. The second-order valence-corrected chi connectivity index (χ2v) is 11.3. The number of fused-ring (bicyclic) bond motifs is 1. The fourth-order valence-electron chi connectivity index (χ4n) is 3.60. The smallest absolute Gasteiger partial charge is 0.352 e. The SMILES string of the molecule is Nc1nc(/C(=N/O)C(=O)N[C@@H]2C(=O)N3C(C(=O)O)=C(CSc4n[nH]c(-c5cccs5)n4)CS[C@H]23)cs1. The molecule has 0 bridgehead atoms. The molecule has 2 amide bonds. The van der Waals surface area contributed by atoms with Crippen LogP contribution in [0.1, 0.15) is 5.69 Å². The summed E-state index contributed by atoms with van der Waals surface area (Å²) >= 11 is 5.17. The molecule has 2 aliphatic heterocycles. The highest BCUT2D eigenvalue weighted by Crippen LogP contribution is 2.41. The normalized spacial score (nSPS) is 19.7. The van der Waals surface area contributed by atoms with E-state index in [9.17, 15) is 24.7 Å². The second kappa shape index (κ2) is 9.92. The van der Waals surface area contributed by atoms with Crippen LogP contribution in [0.4, 0.5) is 5.13 Å². The maximum absolute atomic E-state index is 12.9. The maximum Gasteiger partial charge on any atom is 0.352 e. The van der Waals surface area contributed by atoms with Crippen molar-refractivity contribution in [3.8, 4) is 10.7 Å². The molecule has 186 valence electrons. The number of thiazole rings is 1. The number of amides is 2. The fourth-order valence-corrected chi connectivity index (χ4v) is 7.09. The molecule has 0 saturated carbocycles. The molecule has 2 atom stereocenters. The molecule has 36 heavy (non-hydrogen) atoms. The van der Waals surface area contributed by atoms with Crippen LogP contribution in [0.2, 0.25) is 0 Å². The van der Waals surface area contributed by atoms with Crippen LogP contribution in [0.5, 0.6) is 0 Å². The van der Waals surface area contributed by atoms with Crippen LogP contribution in [0, 0.1) is 0 Å². The number of carbonyl (C=O) groups excluding carboxylic acids is 2. The molecule has 5 rings (SSSR count). The van der Waals surface area contributed by atoms with Gasteiger partial charge >= 0.3 is 5.97 Å². The van der Waals surface area contributed by atoms with Gasteiger partial charge in [-0.15, -0.1) is 39.5 Å². The number of thioether (sulfide) groups is 2. The summed E-state index contributed by atoms with van der Waals surface area (Å²) in [7, 11) is 0. The number of oxime groups is 1. The number of rotatable bonds is 8. The van der Waals surface area contributed by atoms with Gasteiger partial charge in [0.05, 0.1) is 4.88 Å². The number of β-lactam (4-membered cyclic amide) rings is 1. The number of thiophene rings is 1. The van der Waals surface area contributed by atoms with Crippen molar-refractivity contribution in [2.45, 2.75) is 16.6 Å². The van der Waals surface area contributed by atoms with E-state index in [-0.39, 0.29) is 22.3 Å². The van der Waals surface area contributed by atoms with Crippen molar-refractivity contribution in [3.63, 3.8) is 0 Å². The Hall–Kier alpha value is -3.41. The summed E-state index contributed by atoms with van der Waals surface area (Å²) in [4.78, 5) is 48.0. The molecule has 1 saturated heterocycles. The Balaban J connectivity index is 1.28. The number of nitrogens with one attached hydrogen (secondary N) is 2. The Morgan fingerprint density at radius 2 is 2.19 bits per heavy atom. The number of nitrogens with zero attached hydrogens (tertiary/aromatic N) is 5. The van der Waals surface area contributed by atoms with Gasteiger partial charge in [0.25, 0.3) is 11.8 Å². The van der Waals surface area contributed by atoms with Gasteiger partial charge < -0.3 is 21.4 Å².